The monoisotopic (exact) mass is 298 g/mol. The lowest BCUT2D eigenvalue weighted by Crippen LogP contribution is -2.23. The Kier molecular flexibility index (Phi) is 3.58. The number of benzene rings is 1. The quantitative estimate of drug-likeness (QED) is 0.941. The fraction of sp³-hybridized carbons (Fsp3) is 0.529. The molecule has 4 rings (SSSR count). The number of nitrogens with zero attached hydrogens (tertiary/aromatic N) is 3. The average molecular weight is 298 g/mol. The van der Waals surface area contributed by atoms with Gasteiger partial charge in [-0.15, -0.1) is 10.2 Å². The topological polar surface area (TPSA) is 52.0 Å². The largest absolute Gasteiger partial charge is 0.493 e. The number of nitrogens with one attached hydrogen (secondary N) is 1. The van der Waals surface area contributed by atoms with E-state index in [-0.39, 0.29) is 6.04 Å². The van der Waals surface area contributed by atoms with Gasteiger partial charge in [-0.25, -0.2) is 0 Å². The molecule has 1 N–H and O–H groups in total. The van der Waals surface area contributed by atoms with Gasteiger partial charge in [-0.2, -0.15) is 0 Å². The van der Waals surface area contributed by atoms with Gasteiger partial charge in [0.1, 0.15) is 17.4 Å². The summed E-state index contributed by atoms with van der Waals surface area (Å²) < 4.78 is 7.85. The van der Waals surface area contributed by atoms with Gasteiger partial charge in [-0.1, -0.05) is 12.1 Å². The molecule has 5 nitrogen and oxygen atoms in total. The second kappa shape index (κ2) is 5.72. The Labute approximate surface area is 130 Å². The fourth-order valence-electron chi connectivity index (χ4n) is 3.36. The van der Waals surface area contributed by atoms with E-state index in [1.165, 1.54) is 24.0 Å². The molecule has 0 aliphatic carbocycles. The first-order valence-corrected chi connectivity index (χ1v) is 8.21. The van der Waals surface area contributed by atoms with Crippen molar-refractivity contribution in [3.05, 3.63) is 41.0 Å². The van der Waals surface area contributed by atoms with E-state index >= 15 is 0 Å². The zero-order valence-corrected chi connectivity index (χ0v) is 13.0. The molecule has 2 aliphatic heterocycles. The first-order valence-electron chi connectivity index (χ1n) is 8.21. The average Bonchev–Trinajstić information content (AvgIpc) is 3.18. The lowest BCUT2D eigenvalue weighted by molar-refractivity contribution is 0.357. The van der Waals surface area contributed by atoms with Crippen LogP contribution in [0.4, 0.5) is 0 Å². The van der Waals surface area contributed by atoms with Gasteiger partial charge >= 0.3 is 0 Å². The molecule has 0 spiro atoms. The summed E-state index contributed by atoms with van der Waals surface area (Å²) in [4.78, 5) is 0. The van der Waals surface area contributed by atoms with Crippen LogP contribution in [0.3, 0.4) is 0 Å². The van der Waals surface area contributed by atoms with Gasteiger partial charge in [0.15, 0.2) is 0 Å². The lowest BCUT2D eigenvalue weighted by atomic mass is 10.1. The van der Waals surface area contributed by atoms with Crippen molar-refractivity contribution in [2.75, 3.05) is 6.61 Å². The van der Waals surface area contributed by atoms with Crippen molar-refractivity contribution in [2.45, 2.75) is 51.7 Å². The molecule has 1 unspecified atom stereocenters. The standard InChI is InChI=1S/C17H22N4O/c1-12(17-20-19-16-4-2-3-8-21(16)17)18-11-13-5-6-15-14(10-13)7-9-22-15/h5-6,10,12,18H,2-4,7-9,11H2,1H3. The molecule has 1 aromatic heterocycles. The molecule has 2 aliphatic rings. The van der Waals surface area contributed by atoms with E-state index in [9.17, 15) is 0 Å². The Hall–Kier alpha value is -1.88. The SMILES string of the molecule is CC(NCc1ccc2c(c1)CCO2)c1nnc2n1CCCC2. The molecule has 1 atom stereocenters. The van der Waals surface area contributed by atoms with Crippen molar-refractivity contribution in [3.63, 3.8) is 0 Å². The third kappa shape index (κ3) is 2.50. The highest BCUT2D eigenvalue weighted by Crippen LogP contribution is 2.26. The first kappa shape index (κ1) is 13.8. The highest BCUT2D eigenvalue weighted by molar-refractivity contribution is 5.39. The van der Waals surface area contributed by atoms with Crippen LogP contribution in [0.2, 0.25) is 0 Å². The lowest BCUT2D eigenvalue weighted by Gasteiger charge is -2.19. The number of hydrogen-bond acceptors (Lipinski definition) is 4. The molecular formula is C17H22N4O. The van der Waals surface area contributed by atoms with Crippen molar-refractivity contribution in [1.29, 1.82) is 0 Å². The highest BCUT2D eigenvalue weighted by atomic mass is 16.5. The van der Waals surface area contributed by atoms with Crippen LogP contribution in [-0.2, 0) is 25.9 Å². The maximum absolute atomic E-state index is 5.56. The van der Waals surface area contributed by atoms with Gasteiger partial charge in [0.2, 0.25) is 0 Å². The molecule has 0 saturated heterocycles. The summed E-state index contributed by atoms with van der Waals surface area (Å²) >= 11 is 0. The van der Waals surface area contributed by atoms with Gasteiger partial charge in [0, 0.05) is 25.9 Å². The molecular weight excluding hydrogens is 276 g/mol. The predicted octanol–water partition coefficient (Wildman–Crippen LogP) is 2.40. The summed E-state index contributed by atoms with van der Waals surface area (Å²) in [7, 11) is 0. The number of hydrogen-bond donors (Lipinski definition) is 1. The smallest absolute Gasteiger partial charge is 0.149 e. The first-order chi connectivity index (χ1) is 10.8. The Morgan fingerprint density at radius 2 is 2.23 bits per heavy atom. The Bertz CT molecular complexity index is 679. The second-order valence-electron chi connectivity index (χ2n) is 6.23. The second-order valence-corrected chi connectivity index (χ2v) is 6.23. The molecule has 0 bridgehead atoms. The number of fused-ring (bicyclic) bond motifs is 2. The molecule has 1 aromatic carbocycles. The van der Waals surface area contributed by atoms with Gasteiger partial charge in [-0.05, 0) is 37.0 Å². The molecule has 2 aromatic rings. The van der Waals surface area contributed by atoms with E-state index in [0.717, 1.165) is 49.9 Å². The van der Waals surface area contributed by atoms with Crippen LogP contribution >= 0.6 is 0 Å². The van der Waals surface area contributed by atoms with Crippen LogP contribution in [0.25, 0.3) is 0 Å². The van der Waals surface area contributed by atoms with Gasteiger partial charge in [-0.3, -0.25) is 0 Å². The maximum atomic E-state index is 5.56. The van der Waals surface area contributed by atoms with E-state index in [1.54, 1.807) is 0 Å². The molecule has 3 heterocycles. The molecule has 0 fully saturated rings. The van der Waals surface area contributed by atoms with Crippen LogP contribution in [0.5, 0.6) is 5.75 Å². The van der Waals surface area contributed by atoms with Crippen molar-refractivity contribution in [3.8, 4) is 5.75 Å². The van der Waals surface area contributed by atoms with E-state index < -0.39 is 0 Å². The van der Waals surface area contributed by atoms with E-state index in [4.69, 9.17) is 4.74 Å². The van der Waals surface area contributed by atoms with Crippen LogP contribution in [0, 0.1) is 0 Å². The van der Waals surface area contributed by atoms with Crippen LogP contribution in [0.1, 0.15) is 48.6 Å². The zero-order valence-electron chi connectivity index (χ0n) is 13.0. The third-order valence-electron chi connectivity index (χ3n) is 4.64. The molecule has 0 saturated carbocycles. The Balaban J connectivity index is 1.44. The predicted molar refractivity (Wildman–Crippen MR) is 83.9 cm³/mol. The van der Waals surface area contributed by atoms with Crippen molar-refractivity contribution >= 4 is 0 Å². The van der Waals surface area contributed by atoms with Crippen molar-refractivity contribution in [1.82, 2.24) is 20.1 Å². The van der Waals surface area contributed by atoms with Crippen LogP contribution in [0.15, 0.2) is 18.2 Å². The van der Waals surface area contributed by atoms with Crippen molar-refractivity contribution < 1.29 is 4.74 Å². The van der Waals surface area contributed by atoms with E-state index in [0.29, 0.717) is 0 Å². The third-order valence-corrected chi connectivity index (χ3v) is 4.64. The Morgan fingerprint density at radius 1 is 1.27 bits per heavy atom. The van der Waals surface area contributed by atoms with E-state index in [1.807, 2.05) is 0 Å². The maximum Gasteiger partial charge on any atom is 0.149 e. The van der Waals surface area contributed by atoms with Crippen LogP contribution < -0.4 is 10.1 Å². The van der Waals surface area contributed by atoms with Gasteiger partial charge < -0.3 is 14.6 Å². The van der Waals surface area contributed by atoms with Crippen molar-refractivity contribution in [2.24, 2.45) is 0 Å². The summed E-state index contributed by atoms with van der Waals surface area (Å²) in [6.07, 6.45) is 4.55. The molecule has 0 amide bonds. The summed E-state index contributed by atoms with van der Waals surface area (Å²) in [5.74, 6) is 3.26. The summed E-state index contributed by atoms with van der Waals surface area (Å²) in [6, 6.07) is 6.69. The minimum absolute atomic E-state index is 0.212. The normalized spacial score (nSPS) is 17.7. The number of aryl methyl sites for hydroxylation is 1. The highest BCUT2D eigenvalue weighted by Gasteiger charge is 2.20. The summed E-state index contributed by atoms with van der Waals surface area (Å²) in [5.41, 5.74) is 2.63. The Morgan fingerprint density at radius 3 is 3.18 bits per heavy atom. The van der Waals surface area contributed by atoms with Crippen LogP contribution in [-0.4, -0.2) is 21.4 Å². The number of rotatable bonds is 4. The van der Waals surface area contributed by atoms with Gasteiger partial charge in [0.25, 0.3) is 0 Å². The fourth-order valence-corrected chi connectivity index (χ4v) is 3.36. The summed E-state index contributed by atoms with van der Waals surface area (Å²) in [5, 5.41) is 12.3. The number of aromatic nitrogens is 3. The molecule has 0 radical (unpaired) electrons. The molecule has 116 valence electrons. The van der Waals surface area contributed by atoms with E-state index in [2.05, 4.69) is 45.2 Å². The minimum atomic E-state index is 0.212. The van der Waals surface area contributed by atoms with Gasteiger partial charge in [0.05, 0.1) is 12.6 Å². The number of ether oxygens (including phenoxy) is 1. The molecule has 5 heteroatoms. The molecule has 22 heavy (non-hydrogen) atoms. The summed E-state index contributed by atoms with van der Waals surface area (Å²) in [6.45, 7) is 4.88. The zero-order chi connectivity index (χ0) is 14.9. The minimum Gasteiger partial charge on any atom is -0.493 e.